The zero-order valence-electron chi connectivity index (χ0n) is 9.91. The molecule has 0 aliphatic heterocycles. The molecule has 1 fully saturated rings. The molecule has 0 saturated heterocycles. The summed E-state index contributed by atoms with van der Waals surface area (Å²) in [6, 6.07) is 1.93. The normalized spacial score (nSPS) is 16.3. The Hall–Kier alpha value is -1.08. The summed E-state index contributed by atoms with van der Waals surface area (Å²) in [5, 5.41) is 3.28. The zero-order chi connectivity index (χ0) is 12.3. The maximum absolute atomic E-state index is 5.49. The second-order valence-corrected chi connectivity index (χ2v) is 5.17. The fourth-order valence-corrected chi connectivity index (χ4v) is 2.10. The predicted octanol–water partition coefficient (Wildman–Crippen LogP) is 3.33. The Morgan fingerprint density at radius 3 is 2.94 bits per heavy atom. The van der Waals surface area contributed by atoms with Crippen molar-refractivity contribution in [2.45, 2.75) is 44.6 Å². The molecule has 17 heavy (non-hydrogen) atoms. The maximum atomic E-state index is 5.49. The SMILES string of the molecule is C#CC(CCC)Nc1cc(Br)nc(C2CC2)n1. The second-order valence-electron chi connectivity index (χ2n) is 4.36. The van der Waals surface area contributed by atoms with Gasteiger partial charge in [-0.25, -0.2) is 9.97 Å². The molecule has 1 N–H and O–H groups in total. The summed E-state index contributed by atoms with van der Waals surface area (Å²) in [7, 11) is 0. The van der Waals surface area contributed by atoms with Gasteiger partial charge in [0.25, 0.3) is 0 Å². The van der Waals surface area contributed by atoms with Gasteiger partial charge in [-0.05, 0) is 35.2 Å². The Morgan fingerprint density at radius 1 is 1.59 bits per heavy atom. The minimum Gasteiger partial charge on any atom is -0.356 e. The van der Waals surface area contributed by atoms with Crippen molar-refractivity contribution in [2.24, 2.45) is 0 Å². The summed E-state index contributed by atoms with van der Waals surface area (Å²) < 4.78 is 0.823. The Labute approximate surface area is 111 Å². The van der Waals surface area contributed by atoms with Crippen molar-refractivity contribution in [3.05, 3.63) is 16.5 Å². The van der Waals surface area contributed by atoms with Gasteiger partial charge in [0.1, 0.15) is 16.2 Å². The third kappa shape index (κ3) is 3.44. The number of halogens is 1. The van der Waals surface area contributed by atoms with E-state index >= 15 is 0 Å². The predicted molar refractivity (Wildman–Crippen MR) is 72.9 cm³/mol. The number of anilines is 1. The number of rotatable bonds is 5. The highest BCUT2D eigenvalue weighted by Crippen LogP contribution is 2.38. The summed E-state index contributed by atoms with van der Waals surface area (Å²) in [6.45, 7) is 2.12. The van der Waals surface area contributed by atoms with Gasteiger partial charge in [0.15, 0.2) is 0 Å². The molecule has 1 aromatic heterocycles. The number of nitrogens with one attached hydrogen (secondary N) is 1. The fraction of sp³-hybridized carbons (Fsp3) is 0.538. The van der Waals surface area contributed by atoms with Gasteiger partial charge in [0, 0.05) is 12.0 Å². The zero-order valence-corrected chi connectivity index (χ0v) is 11.5. The van der Waals surface area contributed by atoms with E-state index in [9.17, 15) is 0 Å². The van der Waals surface area contributed by atoms with Crippen LogP contribution in [-0.4, -0.2) is 16.0 Å². The van der Waals surface area contributed by atoms with E-state index in [2.05, 4.69) is 44.1 Å². The molecule has 1 saturated carbocycles. The van der Waals surface area contributed by atoms with Crippen LogP contribution < -0.4 is 5.32 Å². The van der Waals surface area contributed by atoms with E-state index in [0.29, 0.717) is 5.92 Å². The third-order valence-electron chi connectivity index (χ3n) is 2.76. The first-order chi connectivity index (χ1) is 8.22. The van der Waals surface area contributed by atoms with Crippen LogP contribution in [0.4, 0.5) is 5.82 Å². The lowest BCUT2D eigenvalue weighted by atomic mass is 10.2. The van der Waals surface area contributed by atoms with E-state index in [1.54, 1.807) is 0 Å². The van der Waals surface area contributed by atoms with Gasteiger partial charge >= 0.3 is 0 Å². The van der Waals surface area contributed by atoms with Crippen LogP contribution in [-0.2, 0) is 0 Å². The summed E-state index contributed by atoms with van der Waals surface area (Å²) >= 11 is 3.42. The van der Waals surface area contributed by atoms with Gasteiger partial charge in [-0.1, -0.05) is 19.3 Å². The number of terminal acetylenes is 1. The Balaban J connectivity index is 2.11. The van der Waals surface area contributed by atoms with Crippen molar-refractivity contribution < 1.29 is 0 Å². The average Bonchev–Trinajstić information content (AvgIpc) is 3.11. The van der Waals surface area contributed by atoms with Gasteiger partial charge in [-0.15, -0.1) is 6.42 Å². The molecule has 0 spiro atoms. The molecule has 1 atom stereocenters. The molecular formula is C13H16BrN3. The molecule has 0 radical (unpaired) electrons. The van der Waals surface area contributed by atoms with Gasteiger partial charge < -0.3 is 5.32 Å². The van der Waals surface area contributed by atoms with Crippen molar-refractivity contribution in [1.29, 1.82) is 0 Å². The molecule has 1 aromatic rings. The van der Waals surface area contributed by atoms with Crippen LogP contribution in [0.1, 0.15) is 44.3 Å². The first kappa shape index (κ1) is 12.4. The summed E-state index contributed by atoms with van der Waals surface area (Å²) in [6.07, 6.45) is 9.90. The summed E-state index contributed by atoms with van der Waals surface area (Å²) in [4.78, 5) is 8.91. The molecule has 1 heterocycles. The minimum absolute atomic E-state index is 0.0499. The van der Waals surface area contributed by atoms with Crippen LogP contribution in [0.2, 0.25) is 0 Å². The number of nitrogens with zero attached hydrogens (tertiary/aromatic N) is 2. The number of hydrogen-bond acceptors (Lipinski definition) is 3. The lowest BCUT2D eigenvalue weighted by Gasteiger charge is -2.13. The van der Waals surface area contributed by atoms with Crippen molar-refractivity contribution in [3.8, 4) is 12.3 Å². The molecule has 0 amide bonds. The van der Waals surface area contributed by atoms with Gasteiger partial charge in [-0.3, -0.25) is 0 Å². The molecule has 0 aromatic carbocycles. The minimum atomic E-state index is 0.0499. The maximum Gasteiger partial charge on any atom is 0.135 e. The average molecular weight is 294 g/mol. The third-order valence-corrected chi connectivity index (χ3v) is 3.16. The van der Waals surface area contributed by atoms with Crippen molar-refractivity contribution in [3.63, 3.8) is 0 Å². The first-order valence-electron chi connectivity index (χ1n) is 6.00. The first-order valence-corrected chi connectivity index (χ1v) is 6.79. The molecule has 0 bridgehead atoms. The molecule has 3 nitrogen and oxygen atoms in total. The second kappa shape index (κ2) is 5.50. The van der Waals surface area contributed by atoms with Crippen molar-refractivity contribution in [1.82, 2.24) is 9.97 Å². The quantitative estimate of drug-likeness (QED) is 0.668. The van der Waals surface area contributed by atoms with Crippen LogP contribution in [0.3, 0.4) is 0 Å². The van der Waals surface area contributed by atoms with Crippen LogP contribution in [0.15, 0.2) is 10.7 Å². The monoisotopic (exact) mass is 293 g/mol. The Morgan fingerprint density at radius 2 is 2.35 bits per heavy atom. The van der Waals surface area contributed by atoms with Crippen LogP contribution in [0.25, 0.3) is 0 Å². The van der Waals surface area contributed by atoms with Crippen molar-refractivity contribution in [2.75, 3.05) is 5.32 Å². The molecule has 90 valence electrons. The largest absolute Gasteiger partial charge is 0.356 e. The number of hydrogen-bond donors (Lipinski definition) is 1. The fourth-order valence-electron chi connectivity index (χ4n) is 1.70. The lowest BCUT2D eigenvalue weighted by molar-refractivity contribution is 0.749. The van der Waals surface area contributed by atoms with Crippen LogP contribution in [0, 0.1) is 12.3 Å². The number of aromatic nitrogens is 2. The highest BCUT2D eigenvalue weighted by Gasteiger charge is 2.27. The molecule has 1 unspecified atom stereocenters. The van der Waals surface area contributed by atoms with Crippen LogP contribution in [0.5, 0.6) is 0 Å². The van der Waals surface area contributed by atoms with Crippen molar-refractivity contribution >= 4 is 21.7 Å². The van der Waals surface area contributed by atoms with Gasteiger partial charge in [-0.2, -0.15) is 0 Å². The molecule has 1 aliphatic carbocycles. The molecule has 1 aliphatic rings. The molecular weight excluding hydrogens is 278 g/mol. The topological polar surface area (TPSA) is 37.8 Å². The van der Waals surface area contributed by atoms with Gasteiger partial charge in [0.05, 0.1) is 6.04 Å². The van der Waals surface area contributed by atoms with E-state index < -0.39 is 0 Å². The Bertz CT molecular complexity index is 435. The smallest absolute Gasteiger partial charge is 0.135 e. The highest BCUT2D eigenvalue weighted by atomic mass is 79.9. The molecule has 2 rings (SSSR count). The van der Waals surface area contributed by atoms with E-state index in [1.165, 1.54) is 12.8 Å². The molecule has 4 heteroatoms. The summed E-state index contributed by atoms with van der Waals surface area (Å²) in [5.41, 5.74) is 0. The van der Waals surface area contributed by atoms with E-state index in [-0.39, 0.29) is 6.04 Å². The lowest BCUT2D eigenvalue weighted by Crippen LogP contribution is -2.18. The van der Waals surface area contributed by atoms with E-state index in [0.717, 1.165) is 29.1 Å². The Kier molecular flexibility index (Phi) is 4.01. The van der Waals surface area contributed by atoms with E-state index in [4.69, 9.17) is 6.42 Å². The van der Waals surface area contributed by atoms with Gasteiger partial charge in [0.2, 0.25) is 0 Å². The summed E-state index contributed by atoms with van der Waals surface area (Å²) in [5.74, 6) is 5.04. The van der Waals surface area contributed by atoms with Crippen LogP contribution >= 0.6 is 15.9 Å². The standard InChI is InChI=1S/C13H16BrN3/c1-3-5-10(4-2)15-12-8-11(14)16-13(17-12)9-6-7-9/h2,8-10H,3,5-7H2,1H3,(H,15,16,17). The highest BCUT2D eigenvalue weighted by molar-refractivity contribution is 9.10. The van der Waals surface area contributed by atoms with E-state index in [1.807, 2.05) is 6.07 Å².